The maximum absolute atomic E-state index is 9.23. The van der Waals surface area contributed by atoms with Crippen LogP contribution in [0.3, 0.4) is 0 Å². The predicted molar refractivity (Wildman–Crippen MR) is 49.2 cm³/mol. The summed E-state index contributed by atoms with van der Waals surface area (Å²) in [5.74, 6) is 0. The SMILES string of the molecule is C=CC(CC(O)CO)n1ccnc1. The molecule has 0 radical (unpaired) electrons. The first-order valence-corrected chi connectivity index (χ1v) is 4.17. The zero-order valence-corrected chi connectivity index (χ0v) is 7.37. The van der Waals surface area contributed by atoms with Crippen LogP contribution < -0.4 is 0 Å². The fraction of sp³-hybridized carbons (Fsp3) is 0.444. The Morgan fingerprint density at radius 2 is 2.38 bits per heavy atom. The second-order valence-electron chi connectivity index (χ2n) is 2.89. The third-order valence-electron chi connectivity index (χ3n) is 1.90. The van der Waals surface area contributed by atoms with Crippen molar-refractivity contribution in [1.29, 1.82) is 0 Å². The van der Waals surface area contributed by atoms with Crippen molar-refractivity contribution in [3.8, 4) is 0 Å². The van der Waals surface area contributed by atoms with Crippen molar-refractivity contribution in [2.45, 2.75) is 18.6 Å². The van der Waals surface area contributed by atoms with Crippen LogP contribution in [0.2, 0.25) is 0 Å². The second kappa shape index (κ2) is 4.79. The van der Waals surface area contributed by atoms with Gasteiger partial charge in [-0.1, -0.05) is 6.08 Å². The molecule has 1 heterocycles. The molecule has 13 heavy (non-hydrogen) atoms. The molecule has 0 spiro atoms. The first kappa shape index (κ1) is 9.95. The molecule has 0 amide bonds. The first-order chi connectivity index (χ1) is 6.27. The van der Waals surface area contributed by atoms with Crippen LogP contribution in [0.5, 0.6) is 0 Å². The summed E-state index contributed by atoms with van der Waals surface area (Å²) in [4.78, 5) is 3.90. The van der Waals surface area contributed by atoms with Crippen LogP contribution in [-0.2, 0) is 0 Å². The number of rotatable bonds is 5. The predicted octanol–water partition coefficient (Wildman–Crippen LogP) is 0.353. The fourth-order valence-electron chi connectivity index (χ4n) is 1.16. The van der Waals surface area contributed by atoms with Crippen LogP contribution >= 0.6 is 0 Å². The van der Waals surface area contributed by atoms with Gasteiger partial charge in [0.25, 0.3) is 0 Å². The van der Waals surface area contributed by atoms with E-state index in [2.05, 4.69) is 11.6 Å². The van der Waals surface area contributed by atoms with Crippen LogP contribution in [0, 0.1) is 0 Å². The lowest BCUT2D eigenvalue weighted by atomic mass is 10.1. The van der Waals surface area contributed by atoms with E-state index < -0.39 is 6.10 Å². The maximum atomic E-state index is 9.23. The van der Waals surface area contributed by atoms with Gasteiger partial charge in [-0.05, 0) is 6.42 Å². The van der Waals surface area contributed by atoms with E-state index in [9.17, 15) is 5.11 Å². The summed E-state index contributed by atoms with van der Waals surface area (Å²) in [6.45, 7) is 3.44. The topological polar surface area (TPSA) is 58.3 Å². The highest BCUT2D eigenvalue weighted by atomic mass is 16.3. The molecule has 0 aliphatic heterocycles. The third kappa shape index (κ3) is 2.68. The normalized spacial score (nSPS) is 15.2. The van der Waals surface area contributed by atoms with Crippen LogP contribution in [0.15, 0.2) is 31.4 Å². The number of aliphatic hydroxyl groups is 2. The largest absolute Gasteiger partial charge is 0.394 e. The summed E-state index contributed by atoms with van der Waals surface area (Å²) in [6, 6.07) is -0.00958. The quantitative estimate of drug-likeness (QED) is 0.646. The molecular weight excluding hydrogens is 168 g/mol. The highest BCUT2D eigenvalue weighted by molar-refractivity contribution is 4.91. The Morgan fingerprint density at radius 3 is 2.85 bits per heavy atom. The molecule has 0 aliphatic carbocycles. The van der Waals surface area contributed by atoms with Gasteiger partial charge in [-0.3, -0.25) is 0 Å². The monoisotopic (exact) mass is 182 g/mol. The van der Waals surface area contributed by atoms with E-state index in [1.54, 1.807) is 24.8 Å². The molecule has 4 nitrogen and oxygen atoms in total. The molecule has 0 bridgehead atoms. The second-order valence-corrected chi connectivity index (χ2v) is 2.89. The number of hydrogen-bond donors (Lipinski definition) is 2. The van der Waals surface area contributed by atoms with E-state index in [4.69, 9.17) is 5.11 Å². The molecule has 1 aromatic heterocycles. The number of imidazole rings is 1. The fourth-order valence-corrected chi connectivity index (χ4v) is 1.16. The van der Waals surface area contributed by atoms with Crippen molar-refractivity contribution in [1.82, 2.24) is 9.55 Å². The molecule has 0 saturated heterocycles. The van der Waals surface area contributed by atoms with Gasteiger partial charge in [-0.2, -0.15) is 0 Å². The lowest BCUT2D eigenvalue weighted by molar-refractivity contribution is 0.0802. The minimum absolute atomic E-state index is 0.00958. The van der Waals surface area contributed by atoms with Gasteiger partial charge in [0.2, 0.25) is 0 Å². The molecule has 2 atom stereocenters. The Hall–Kier alpha value is -1.13. The molecule has 2 N–H and O–H groups in total. The van der Waals surface area contributed by atoms with E-state index in [0.717, 1.165) is 0 Å². The lowest BCUT2D eigenvalue weighted by Crippen LogP contribution is -2.18. The third-order valence-corrected chi connectivity index (χ3v) is 1.90. The Bertz CT molecular complexity index is 246. The summed E-state index contributed by atoms with van der Waals surface area (Å²) in [6.07, 6.45) is 6.61. The molecule has 72 valence electrons. The zero-order chi connectivity index (χ0) is 9.68. The molecular formula is C9H14N2O2. The molecule has 0 saturated carbocycles. The molecule has 0 aliphatic rings. The molecule has 1 aromatic rings. The molecule has 0 fully saturated rings. The summed E-state index contributed by atoms with van der Waals surface area (Å²) in [7, 11) is 0. The summed E-state index contributed by atoms with van der Waals surface area (Å²) >= 11 is 0. The average molecular weight is 182 g/mol. The van der Waals surface area contributed by atoms with Crippen LogP contribution in [0.4, 0.5) is 0 Å². The number of nitrogens with zero attached hydrogens (tertiary/aromatic N) is 2. The van der Waals surface area contributed by atoms with Gasteiger partial charge < -0.3 is 14.8 Å². The van der Waals surface area contributed by atoms with E-state index in [1.807, 2.05) is 4.57 Å². The minimum atomic E-state index is -0.703. The van der Waals surface area contributed by atoms with Crippen molar-refractivity contribution >= 4 is 0 Å². The minimum Gasteiger partial charge on any atom is -0.394 e. The number of aromatic nitrogens is 2. The molecule has 2 unspecified atom stereocenters. The summed E-state index contributed by atoms with van der Waals surface area (Å²) in [5, 5.41) is 17.9. The van der Waals surface area contributed by atoms with Gasteiger partial charge in [-0.25, -0.2) is 4.98 Å². The number of allylic oxidation sites excluding steroid dienone is 1. The Kier molecular flexibility index (Phi) is 3.67. The van der Waals surface area contributed by atoms with Gasteiger partial charge >= 0.3 is 0 Å². The van der Waals surface area contributed by atoms with Gasteiger partial charge in [0.15, 0.2) is 0 Å². The summed E-state index contributed by atoms with van der Waals surface area (Å²) in [5.41, 5.74) is 0. The van der Waals surface area contributed by atoms with Crippen LogP contribution in [-0.4, -0.2) is 32.5 Å². The Balaban J connectivity index is 2.58. The van der Waals surface area contributed by atoms with Gasteiger partial charge in [0.05, 0.1) is 25.1 Å². The Morgan fingerprint density at radius 1 is 1.62 bits per heavy atom. The van der Waals surface area contributed by atoms with Crippen molar-refractivity contribution in [3.63, 3.8) is 0 Å². The smallest absolute Gasteiger partial charge is 0.0951 e. The van der Waals surface area contributed by atoms with Crippen LogP contribution in [0.25, 0.3) is 0 Å². The van der Waals surface area contributed by atoms with Gasteiger partial charge in [0.1, 0.15) is 0 Å². The molecule has 1 rings (SSSR count). The first-order valence-electron chi connectivity index (χ1n) is 4.17. The average Bonchev–Trinajstić information content (AvgIpc) is 2.66. The number of hydrogen-bond acceptors (Lipinski definition) is 3. The van der Waals surface area contributed by atoms with Crippen molar-refractivity contribution in [2.24, 2.45) is 0 Å². The van der Waals surface area contributed by atoms with Gasteiger partial charge in [0, 0.05) is 12.4 Å². The van der Waals surface area contributed by atoms with Crippen molar-refractivity contribution in [2.75, 3.05) is 6.61 Å². The zero-order valence-electron chi connectivity index (χ0n) is 7.37. The van der Waals surface area contributed by atoms with Crippen LogP contribution in [0.1, 0.15) is 12.5 Å². The van der Waals surface area contributed by atoms with Gasteiger partial charge in [-0.15, -0.1) is 6.58 Å². The molecule has 0 aromatic carbocycles. The van der Waals surface area contributed by atoms with E-state index in [-0.39, 0.29) is 12.6 Å². The van der Waals surface area contributed by atoms with Crippen molar-refractivity contribution in [3.05, 3.63) is 31.4 Å². The Labute approximate surface area is 77.2 Å². The highest BCUT2D eigenvalue weighted by Gasteiger charge is 2.11. The highest BCUT2D eigenvalue weighted by Crippen LogP contribution is 2.14. The van der Waals surface area contributed by atoms with E-state index >= 15 is 0 Å². The summed E-state index contributed by atoms with van der Waals surface area (Å²) < 4.78 is 1.84. The van der Waals surface area contributed by atoms with Crippen molar-refractivity contribution < 1.29 is 10.2 Å². The maximum Gasteiger partial charge on any atom is 0.0951 e. The number of aliphatic hydroxyl groups excluding tert-OH is 2. The molecule has 4 heteroatoms. The standard InChI is InChI=1S/C9H14N2O2/c1-2-8(5-9(13)6-12)11-4-3-10-7-11/h2-4,7-9,12-13H,1,5-6H2. The lowest BCUT2D eigenvalue weighted by Gasteiger charge is -2.16. The van der Waals surface area contributed by atoms with E-state index in [0.29, 0.717) is 6.42 Å². The van der Waals surface area contributed by atoms with E-state index in [1.165, 1.54) is 0 Å².